The van der Waals surface area contributed by atoms with Crippen LogP contribution in [0.15, 0.2) is 71.9 Å². The van der Waals surface area contributed by atoms with Crippen molar-refractivity contribution in [1.82, 2.24) is 24.6 Å². The zero-order chi connectivity index (χ0) is 47.4. The number of piperidine rings is 1. The molecule has 11 rings (SSSR count). The summed E-state index contributed by atoms with van der Waals surface area (Å²) in [5.74, 6) is 0.285. The van der Waals surface area contributed by atoms with Gasteiger partial charge in [-0.2, -0.15) is 18.4 Å². The highest BCUT2D eigenvalue weighted by molar-refractivity contribution is 7.90. The highest BCUT2D eigenvalue weighted by Gasteiger charge is 2.50. The zero-order valence-electron chi connectivity index (χ0n) is 38.7. The van der Waals surface area contributed by atoms with E-state index in [0.717, 1.165) is 81.0 Å². The Morgan fingerprint density at radius 3 is 2.52 bits per heavy atom. The second-order valence-electron chi connectivity index (χ2n) is 19.4. The van der Waals surface area contributed by atoms with Crippen molar-refractivity contribution < 1.29 is 41.8 Å². The first kappa shape index (κ1) is 45.2. The Kier molecular flexibility index (Phi) is 12.0. The van der Waals surface area contributed by atoms with Crippen LogP contribution in [0.3, 0.4) is 0 Å². The Labute approximate surface area is 400 Å². The number of morpholine rings is 1. The van der Waals surface area contributed by atoms with Crippen molar-refractivity contribution >= 4 is 55.4 Å². The topological polar surface area (TPSA) is 216 Å². The summed E-state index contributed by atoms with van der Waals surface area (Å²) in [6.07, 6.45) is 7.59. The van der Waals surface area contributed by atoms with Gasteiger partial charge in [-0.05, 0) is 100 Å². The fraction of sp³-hybridized carbons (Fsp3) is 0.490. The Bertz CT molecular complexity index is 2870. The molecule has 0 unspecified atom stereocenters. The van der Waals surface area contributed by atoms with Crippen molar-refractivity contribution in [2.45, 2.75) is 81.6 Å². The molecule has 0 bridgehead atoms. The average molecular weight is 964 g/mol. The third-order valence-electron chi connectivity index (χ3n) is 14.9. The Morgan fingerprint density at radius 2 is 1.72 bits per heavy atom. The summed E-state index contributed by atoms with van der Waals surface area (Å²) in [5.41, 5.74) is 3.57. The van der Waals surface area contributed by atoms with Gasteiger partial charge < -0.3 is 43.8 Å². The smallest absolute Gasteiger partial charge is 0.300 e. The van der Waals surface area contributed by atoms with Gasteiger partial charge in [-0.25, -0.2) is 4.72 Å². The molecule has 20 heteroatoms. The van der Waals surface area contributed by atoms with Crippen LogP contribution in [-0.2, 0) is 19.5 Å². The fourth-order valence-electron chi connectivity index (χ4n) is 11.3. The number of carbonyl (C=O) groups is 1. The molecule has 5 aliphatic heterocycles. The second kappa shape index (κ2) is 18.3. The van der Waals surface area contributed by atoms with Gasteiger partial charge in [-0.1, -0.05) is 18.2 Å². The van der Waals surface area contributed by atoms with E-state index in [0.29, 0.717) is 61.9 Å². The maximum absolute atomic E-state index is 14.4. The molecule has 2 aromatic carbocycles. The molecule has 2 atom stereocenters. The quantitative estimate of drug-likeness (QED) is 0.0925. The van der Waals surface area contributed by atoms with Crippen LogP contribution in [0, 0.1) is 21.4 Å². The molecule has 364 valence electrons. The van der Waals surface area contributed by atoms with E-state index in [4.69, 9.17) is 28.7 Å². The van der Waals surface area contributed by atoms with Crippen molar-refractivity contribution in [3.63, 3.8) is 0 Å². The van der Waals surface area contributed by atoms with E-state index in [9.17, 15) is 23.3 Å². The third-order valence-corrected chi connectivity index (χ3v) is 16.1. The monoisotopic (exact) mass is 963 g/mol. The Morgan fingerprint density at radius 1 is 0.913 bits per heavy atom. The number of fused-ring (bicyclic) bond motifs is 3. The summed E-state index contributed by atoms with van der Waals surface area (Å²) >= 11 is 0. The number of nitro groups is 1. The van der Waals surface area contributed by atoms with Gasteiger partial charge in [0.25, 0.3) is 15.9 Å². The molecule has 0 radical (unpaired) electrons. The predicted octanol–water partition coefficient (Wildman–Crippen LogP) is 6.72. The van der Waals surface area contributed by atoms with Crippen LogP contribution in [0.25, 0.3) is 11.0 Å². The van der Waals surface area contributed by atoms with Crippen LogP contribution in [-0.4, -0.2) is 123 Å². The molecule has 1 aliphatic carbocycles. The molecule has 1 amide bonds. The molecule has 1 spiro atoms. The summed E-state index contributed by atoms with van der Waals surface area (Å²) in [6.45, 7) is 9.84. The van der Waals surface area contributed by atoms with Crippen LogP contribution in [0.2, 0.25) is 0 Å². The SMILES string of the molecule is CC(C)Oc1ccccc1[C@@H]1COCCN1C1CC2(CCN(c3ccc(C(=O)NS(=O)(=O)c4cc([N+](=O)[O-])c5c(n4)OC[C@@H](C4CCOCC4)N5)c(N4CCOc5nc6[nH]ccc6cc54)c3)CC2)C1. The predicted molar refractivity (Wildman–Crippen MR) is 256 cm³/mol. The molecule has 3 aromatic heterocycles. The number of ether oxygens (including phenoxy) is 5. The van der Waals surface area contributed by atoms with Crippen LogP contribution in [0.1, 0.15) is 74.3 Å². The molecule has 1 saturated carbocycles. The number of carbonyl (C=O) groups excluding carboxylic acids is 1. The van der Waals surface area contributed by atoms with Crippen molar-refractivity contribution in [3.05, 3.63) is 88.1 Å². The largest absolute Gasteiger partial charge is 0.491 e. The van der Waals surface area contributed by atoms with Crippen LogP contribution in [0.5, 0.6) is 17.5 Å². The van der Waals surface area contributed by atoms with Gasteiger partial charge in [-0.3, -0.25) is 19.8 Å². The third kappa shape index (κ3) is 8.76. The van der Waals surface area contributed by atoms with E-state index >= 15 is 0 Å². The standard InChI is InChI=1S/C49H57N9O10S/c1-30(2)68-42-6-4-3-5-35(42)41-29-65-21-17-56(41)34-26-49(27-34)12-15-55(16-13-49)33-7-8-36(38(24-33)57-18-22-66-47-40(57)23-32-9-14-50-45(32)53-47)46(59)54-69(62,63)43-25-39(58(60)61)44-48(52-43)67-28-37(51-44)31-10-19-64-20-11-31/h3-9,14,23-25,30-31,34,37,41,51H,10-13,15-22,26-29H2,1-2H3,(H,50,53)(H,54,59)/t37-,41-/m0/s1. The molecule has 8 heterocycles. The van der Waals surface area contributed by atoms with E-state index in [1.807, 2.05) is 35.2 Å². The van der Waals surface area contributed by atoms with Crippen molar-refractivity contribution in [3.8, 4) is 17.5 Å². The highest BCUT2D eigenvalue weighted by Crippen LogP contribution is 2.54. The minimum Gasteiger partial charge on any atom is -0.491 e. The first-order chi connectivity index (χ1) is 33.4. The van der Waals surface area contributed by atoms with Crippen molar-refractivity contribution in [2.75, 3.05) is 80.9 Å². The number of anilines is 4. The number of nitrogens with one attached hydrogen (secondary N) is 3. The number of aromatic nitrogens is 3. The van der Waals surface area contributed by atoms with E-state index in [2.05, 4.69) is 61.9 Å². The van der Waals surface area contributed by atoms with Gasteiger partial charge in [0.2, 0.25) is 11.8 Å². The summed E-state index contributed by atoms with van der Waals surface area (Å²) in [5, 5.41) is 15.7. The Balaban J connectivity index is 0.842. The summed E-state index contributed by atoms with van der Waals surface area (Å²) < 4.78 is 60.0. The van der Waals surface area contributed by atoms with E-state index in [-0.39, 0.29) is 59.9 Å². The van der Waals surface area contributed by atoms with E-state index < -0.39 is 31.6 Å². The van der Waals surface area contributed by atoms with Crippen LogP contribution < -0.4 is 34.0 Å². The normalized spacial score (nSPS) is 22.0. The fourth-order valence-corrected chi connectivity index (χ4v) is 12.2. The number of aromatic amines is 1. The number of hydrogen-bond acceptors (Lipinski definition) is 16. The molecule has 69 heavy (non-hydrogen) atoms. The van der Waals surface area contributed by atoms with Gasteiger partial charge in [-0.15, -0.1) is 0 Å². The second-order valence-corrected chi connectivity index (χ2v) is 21.0. The molecule has 19 nitrogen and oxygen atoms in total. The molecular weight excluding hydrogens is 907 g/mol. The first-order valence-electron chi connectivity index (χ1n) is 24.0. The van der Waals surface area contributed by atoms with Crippen LogP contribution >= 0.6 is 0 Å². The summed E-state index contributed by atoms with van der Waals surface area (Å²) in [6, 6.07) is 18.8. The highest BCUT2D eigenvalue weighted by atomic mass is 32.2. The number of H-pyrrole nitrogens is 1. The maximum Gasteiger partial charge on any atom is 0.300 e. The molecule has 3 N–H and O–H groups in total. The van der Waals surface area contributed by atoms with E-state index in [1.165, 1.54) is 5.56 Å². The van der Waals surface area contributed by atoms with Gasteiger partial charge in [0.1, 0.15) is 30.3 Å². The van der Waals surface area contributed by atoms with Gasteiger partial charge in [0.15, 0.2) is 10.7 Å². The minimum atomic E-state index is -4.77. The molecule has 4 fully saturated rings. The zero-order valence-corrected chi connectivity index (χ0v) is 39.5. The molecule has 5 aromatic rings. The number of benzene rings is 2. The number of para-hydroxylation sites is 1. The van der Waals surface area contributed by atoms with E-state index in [1.54, 1.807) is 12.3 Å². The van der Waals surface area contributed by atoms with Gasteiger partial charge in [0, 0.05) is 61.7 Å². The number of rotatable bonds is 11. The number of amides is 1. The lowest BCUT2D eigenvalue weighted by molar-refractivity contribution is -0.384. The summed E-state index contributed by atoms with van der Waals surface area (Å²) in [7, 11) is -4.77. The number of sulfonamides is 1. The molecule has 6 aliphatic rings. The van der Waals surface area contributed by atoms with Crippen molar-refractivity contribution in [1.29, 1.82) is 0 Å². The lowest BCUT2D eigenvalue weighted by Crippen LogP contribution is -2.57. The first-order valence-corrected chi connectivity index (χ1v) is 25.5. The lowest BCUT2D eigenvalue weighted by Gasteiger charge is -2.57. The number of nitrogens with zero attached hydrogens (tertiary/aromatic N) is 6. The number of pyridine rings is 2. The van der Waals surface area contributed by atoms with Crippen molar-refractivity contribution in [2.24, 2.45) is 11.3 Å². The molecule has 3 saturated heterocycles. The van der Waals surface area contributed by atoms with Crippen LogP contribution in [0.4, 0.5) is 28.4 Å². The lowest BCUT2D eigenvalue weighted by atomic mass is 9.59. The van der Waals surface area contributed by atoms with Gasteiger partial charge in [0.05, 0.1) is 60.2 Å². The maximum atomic E-state index is 14.4. The molecular formula is C49H57N9O10S. The van der Waals surface area contributed by atoms with Gasteiger partial charge >= 0.3 is 5.69 Å². The number of hydrogen-bond donors (Lipinski definition) is 3. The average Bonchev–Trinajstić information content (AvgIpc) is 3.82. The summed E-state index contributed by atoms with van der Waals surface area (Å²) in [4.78, 5) is 45.1. The minimum absolute atomic E-state index is 0.00253. The Hall–Kier alpha value is -6.22.